The number of carbonyl (C=O) groups is 1. The summed E-state index contributed by atoms with van der Waals surface area (Å²) in [7, 11) is 0. The SMILES string of the molecule is Cc1ccc2[nH]c([C@@H]3CCCN(C(=O)[C@H](C)Cn4ccc(C)n4)C3)c(-c3ccncc3)c2c1. The average molecular weight is 442 g/mol. The molecule has 2 atom stereocenters. The van der Waals surface area contributed by atoms with Gasteiger partial charge in [0.1, 0.15) is 0 Å². The summed E-state index contributed by atoms with van der Waals surface area (Å²) in [6.07, 6.45) is 7.73. The van der Waals surface area contributed by atoms with Crippen LogP contribution in [0.5, 0.6) is 0 Å². The Kier molecular flexibility index (Phi) is 5.75. The molecule has 4 heterocycles. The van der Waals surface area contributed by atoms with Crippen LogP contribution in [-0.2, 0) is 11.3 Å². The van der Waals surface area contributed by atoms with E-state index in [1.54, 1.807) is 0 Å². The Morgan fingerprint density at radius 2 is 2.00 bits per heavy atom. The second kappa shape index (κ2) is 8.85. The van der Waals surface area contributed by atoms with Crippen LogP contribution in [0.1, 0.15) is 42.6 Å². The van der Waals surface area contributed by atoms with Gasteiger partial charge in [0.25, 0.3) is 0 Å². The molecule has 33 heavy (non-hydrogen) atoms. The van der Waals surface area contributed by atoms with Crippen LogP contribution in [0.4, 0.5) is 0 Å². The number of benzene rings is 1. The smallest absolute Gasteiger partial charge is 0.227 e. The molecule has 5 rings (SSSR count). The van der Waals surface area contributed by atoms with Crippen molar-refractivity contribution >= 4 is 16.8 Å². The second-order valence-electron chi connectivity index (χ2n) is 9.40. The first-order chi connectivity index (χ1) is 16.0. The van der Waals surface area contributed by atoms with Crippen molar-refractivity contribution in [3.63, 3.8) is 0 Å². The van der Waals surface area contributed by atoms with Gasteiger partial charge in [0.05, 0.1) is 18.2 Å². The molecule has 1 fully saturated rings. The van der Waals surface area contributed by atoms with Gasteiger partial charge in [0.2, 0.25) is 5.91 Å². The number of amides is 1. The van der Waals surface area contributed by atoms with E-state index in [0.717, 1.165) is 37.1 Å². The van der Waals surface area contributed by atoms with Crippen LogP contribution in [-0.4, -0.2) is 43.6 Å². The standard InChI is InChI=1S/C27H31N5O/c1-18-6-7-24-23(15-18)25(21-8-11-28-12-9-21)26(29-24)22-5-4-13-31(17-22)27(33)19(2)16-32-14-10-20(3)30-32/h6-12,14-15,19,22,29H,4-5,13,16-17H2,1-3H3/t19-,22-/m1/s1. The molecule has 6 heteroatoms. The minimum atomic E-state index is -0.104. The molecule has 1 aliphatic heterocycles. The Morgan fingerprint density at radius 1 is 1.18 bits per heavy atom. The number of nitrogens with one attached hydrogen (secondary N) is 1. The van der Waals surface area contributed by atoms with Gasteiger partial charge < -0.3 is 9.88 Å². The number of carbonyl (C=O) groups excluding carboxylic acids is 1. The van der Waals surface area contributed by atoms with E-state index in [-0.39, 0.29) is 17.7 Å². The first-order valence-corrected chi connectivity index (χ1v) is 11.8. The molecule has 1 N–H and O–H groups in total. The largest absolute Gasteiger partial charge is 0.358 e. The van der Waals surface area contributed by atoms with Crippen molar-refractivity contribution in [2.75, 3.05) is 13.1 Å². The molecule has 0 saturated carbocycles. The summed E-state index contributed by atoms with van der Waals surface area (Å²) in [4.78, 5) is 23.3. The molecule has 1 saturated heterocycles. The van der Waals surface area contributed by atoms with Gasteiger partial charge in [-0.3, -0.25) is 14.5 Å². The first kappa shape index (κ1) is 21.4. The molecule has 170 valence electrons. The van der Waals surface area contributed by atoms with Gasteiger partial charge in [0.15, 0.2) is 0 Å². The predicted octanol–water partition coefficient (Wildman–Crippen LogP) is 5.09. The number of pyridine rings is 1. The molecule has 0 spiro atoms. The fourth-order valence-corrected chi connectivity index (χ4v) is 5.11. The highest BCUT2D eigenvalue weighted by Crippen LogP contribution is 2.39. The van der Waals surface area contributed by atoms with Gasteiger partial charge in [-0.05, 0) is 62.6 Å². The quantitative estimate of drug-likeness (QED) is 0.469. The molecule has 0 radical (unpaired) electrons. The van der Waals surface area contributed by atoms with E-state index in [4.69, 9.17) is 0 Å². The molecule has 0 unspecified atom stereocenters. The molecular formula is C27H31N5O. The van der Waals surface area contributed by atoms with Crippen LogP contribution < -0.4 is 0 Å². The van der Waals surface area contributed by atoms with Crippen molar-refractivity contribution in [3.05, 3.63) is 71.9 Å². The van der Waals surface area contributed by atoms with Gasteiger partial charge in [-0.1, -0.05) is 18.6 Å². The molecule has 1 aromatic carbocycles. The number of aromatic nitrogens is 4. The Morgan fingerprint density at radius 3 is 2.76 bits per heavy atom. The van der Waals surface area contributed by atoms with Gasteiger partial charge in [-0.15, -0.1) is 0 Å². The summed E-state index contributed by atoms with van der Waals surface area (Å²) in [6, 6.07) is 12.7. The van der Waals surface area contributed by atoms with Gasteiger partial charge in [-0.2, -0.15) is 5.10 Å². The number of hydrogen-bond acceptors (Lipinski definition) is 3. The van der Waals surface area contributed by atoms with E-state index >= 15 is 0 Å². The van der Waals surface area contributed by atoms with E-state index in [1.165, 1.54) is 27.8 Å². The zero-order valence-electron chi connectivity index (χ0n) is 19.6. The van der Waals surface area contributed by atoms with Crippen LogP contribution >= 0.6 is 0 Å². The maximum absolute atomic E-state index is 13.3. The Hall–Kier alpha value is -3.41. The van der Waals surface area contributed by atoms with E-state index < -0.39 is 0 Å². The third-order valence-corrected chi connectivity index (χ3v) is 6.75. The maximum Gasteiger partial charge on any atom is 0.227 e. The molecule has 0 aliphatic carbocycles. The highest BCUT2D eigenvalue weighted by atomic mass is 16.2. The number of H-pyrrole nitrogens is 1. The molecule has 1 aliphatic rings. The topological polar surface area (TPSA) is 66.8 Å². The van der Waals surface area contributed by atoms with Crippen LogP contribution in [0.15, 0.2) is 55.0 Å². The van der Waals surface area contributed by atoms with Gasteiger partial charge in [-0.25, -0.2) is 0 Å². The van der Waals surface area contributed by atoms with Crippen molar-refractivity contribution in [1.82, 2.24) is 24.6 Å². The molecule has 1 amide bonds. The molecule has 0 bridgehead atoms. The average Bonchev–Trinajstić information content (AvgIpc) is 3.41. The van der Waals surface area contributed by atoms with Crippen molar-refractivity contribution in [3.8, 4) is 11.1 Å². The lowest BCUT2D eigenvalue weighted by molar-refractivity contribution is -0.136. The summed E-state index contributed by atoms with van der Waals surface area (Å²) in [5.74, 6) is 0.385. The number of piperidine rings is 1. The number of likely N-dealkylation sites (tertiary alicyclic amines) is 1. The summed E-state index contributed by atoms with van der Waals surface area (Å²) < 4.78 is 1.88. The van der Waals surface area contributed by atoms with Crippen molar-refractivity contribution in [2.24, 2.45) is 5.92 Å². The summed E-state index contributed by atoms with van der Waals surface area (Å²) in [5.41, 5.74) is 7.01. The first-order valence-electron chi connectivity index (χ1n) is 11.8. The maximum atomic E-state index is 13.3. The van der Waals surface area contributed by atoms with E-state index in [2.05, 4.69) is 57.2 Å². The molecule has 6 nitrogen and oxygen atoms in total. The van der Waals surface area contributed by atoms with Crippen LogP contribution in [0, 0.1) is 19.8 Å². The lowest BCUT2D eigenvalue weighted by Crippen LogP contribution is -2.42. The molecular weight excluding hydrogens is 410 g/mol. The fourth-order valence-electron chi connectivity index (χ4n) is 5.11. The van der Waals surface area contributed by atoms with E-state index in [0.29, 0.717) is 6.54 Å². The zero-order chi connectivity index (χ0) is 22.9. The molecule has 4 aromatic rings. The van der Waals surface area contributed by atoms with E-state index in [1.807, 2.05) is 43.2 Å². The number of fused-ring (bicyclic) bond motifs is 1. The van der Waals surface area contributed by atoms with Crippen LogP contribution in [0.3, 0.4) is 0 Å². The van der Waals surface area contributed by atoms with Crippen molar-refractivity contribution < 1.29 is 4.79 Å². The van der Waals surface area contributed by atoms with Crippen molar-refractivity contribution in [1.29, 1.82) is 0 Å². The Labute approximate surface area is 194 Å². The zero-order valence-corrected chi connectivity index (χ0v) is 19.6. The number of rotatable bonds is 5. The highest BCUT2D eigenvalue weighted by Gasteiger charge is 2.30. The van der Waals surface area contributed by atoms with Crippen LogP contribution in [0.2, 0.25) is 0 Å². The van der Waals surface area contributed by atoms with Crippen molar-refractivity contribution in [2.45, 2.75) is 46.1 Å². The highest BCUT2D eigenvalue weighted by molar-refractivity contribution is 5.98. The summed E-state index contributed by atoms with van der Waals surface area (Å²) in [5, 5.41) is 5.69. The monoisotopic (exact) mass is 441 g/mol. The lowest BCUT2D eigenvalue weighted by Gasteiger charge is -2.34. The lowest BCUT2D eigenvalue weighted by atomic mass is 9.89. The third-order valence-electron chi connectivity index (χ3n) is 6.75. The van der Waals surface area contributed by atoms with Gasteiger partial charge in [0, 0.05) is 59.8 Å². The normalized spacial score (nSPS) is 17.4. The van der Waals surface area contributed by atoms with Crippen LogP contribution in [0.25, 0.3) is 22.0 Å². The fraction of sp³-hybridized carbons (Fsp3) is 0.370. The van der Waals surface area contributed by atoms with E-state index in [9.17, 15) is 4.79 Å². The third kappa shape index (κ3) is 4.30. The minimum absolute atomic E-state index is 0.104. The minimum Gasteiger partial charge on any atom is -0.358 e. The summed E-state index contributed by atoms with van der Waals surface area (Å²) >= 11 is 0. The number of hydrogen-bond donors (Lipinski definition) is 1. The predicted molar refractivity (Wildman–Crippen MR) is 131 cm³/mol. The molecule has 3 aromatic heterocycles. The summed E-state index contributed by atoms with van der Waals surface area (Å²) in [6.45, 7) is 8.29. The second-order valence-corrected chi connectivity index (χ2v) is 9.40. The van der Waals surface area contributed by atoms with Gasteiger partial charge >= 0.3 is 0 Å². The number of nitrogens with zero attached hydrogens (tertiary/aromatic N) is 4. The Balaban J connectivity index is 1.43. The number of aromatic amines is 1. The number of aryl methyl sites for hydroxylation is 2. The Bertz CT molecular complexity index is 1270.